The molecule has 1 aliphatic carbocycles. The minimum atomic E-state index is 0.0357. The van der Waals surface area contributed by atoms with E-state index in [0.29, 0.717) is 5.92 Å². The Morgan fingerprint density at radius 3 is 1.76 bits per heavy atom. The summed E-state index contributed by atoms with van der Waals surface area (Å²) in [7, 11) is 0. The van der Waals surface area contributed by atoms with Crippen LogP contribution in [0.2, 0.25) is 0 Å². The van der Waals surface area contributed by atoms with Gasteiger partial charge in [-0.15, -0.1) is 0 Å². The monoisotopic (exact) mass is 338 g/mol. The lowest BCUT2D eigenvalue weighted by Gasteiger charge is -2.39. The van der Waals surface area contributed by atoms with Crippen LogP contribution in [-0.4, -0.2) is 19.6 Å². The molecule has 1 atom stereocenters. The van der Waals surface area contributed by atoms with E-state index in [-0.39, 0.29) is 11.6 Å². The van der Waals surface area contributed by atoms with Crippen LogP contribution in [0.5, 0.6) is 0 Å². The van der Waals surface area contributed by atoms with Gasteiger partial charge in [0.15, 0.2) is 6.17 Å². The molecule has 0 bridgehead atoms. The van der Waals surface area contributed by atoms with Crippen molar-refractivity contribution in [2.24, 2.45) is 11.3 Å². The molecule has 2 aromatic heterocycles. The zero-order valence-corrected chi connectivity index (χ0v) is 16.5. The van der Waals surface area contributed by atoms with Crippen LogP contribution in [0.4, 0.5) is 0 Å². The first-order chi connectivity index (χ1) is 11.7. The van der Waals surface area contributed by atoms with Crippen molar-refractivity contribution in [2.75, 3.05) is 0 Å². The van der Waals surface area contributed by atoms with E-state index in [9.17, 15) is 0 Å². The van der Waals surface area contributed by atoms with E-state index in [1.807, 2.05) is 0 Å². The molecule has 3 rings (SSSR count). The topological polar surface area (TPSA) is 35.6 Å². The first-order valence-corrected chi connectivity index (χ1v) is 9.09. The zero-order valence-electron chi connectivity index (χ0n) is 16.5. The van der Waals surface area contributed by atoms with Crippen LogP contribution in [0.15, 0.2) is 35.9 Å². The van der Waals surface area contributed by atoms with Crippen LogP contribution in [-0.2, 0) is 0 Å². The van der Waals surface area contributed by atoms with Crippen molar-refractivity contribution in [1.82, 2.24) is 19.6 Å². The van der Waals surface area contributed by atoms with Gasteiger partial charge >= 0.3 is 0 Å². The minimum Gasteiger partial charge on any atom is -0.244 e. The second-order valence-electron chi connectivity index (χ2n) is 8.37. The van der Waals surface area contributed by atoms with Crippen LogP contribution in [0.3, 0.4) is 0 Å². The Balaban J connectivity index is 2.22. The van der Waals surface area contributed by atoms with E-state index in [4.69, 9.17) is 10.2 Å². The van der Waals surface area contributed by atoms with Gasteiger partial charge in [0.05, 0.1) is 11.4 Å². The summed E-state index contributed by atoms with van der Waals surface area (Å²) < 4.78 is 4.34. The molecule has 2 aromatic rings. The van der Waals surface area contributed by atoms with Crippen molar-refractivity contribution in [3.8, 4) is 0 Å². The van der Waals surface area contributed by atoms with E-state index in [0.717, 1.165) is 17.8 Å². The van der Waals surface area contributed by atoms with Crippen LogP contribution < -0.4 is 0 Å². The predicted molar refractivity (Wildman–Crippen MR) is 103 cm³/mol. The first kappa shape index (κ1) is 17.7. The maximum Gasteiger partial charge on any atom is 0.150 e. The van der Waals surface area contributed by atoms with Crippen molar-refractivity contribution in [2.45, 2.75) is 61.1 Å². The Morgan fingerprint density at radius 2 is 1.44 bits per heavy atom. The third kappa shape index (κ3) is 3.35. The molecule has 2 heterocycles. The van der Waals surface area contributed by atoms with E-state index in [1.165, 1.54) is 17.0 Å². The SMILES string of the molecule is Cc1cc(C)n(C([C@@H](C2=CC=CC2)C(C)(C)C)n2nc(C)cc2C)n1. The van der Waals surface area contributed by atoms with Crippen molar-refractivity contribution < 1.29 is 0 Å². The molecule has 134 valence electrons. The van der Waals surface area contributed by atoms with Gasteiger partial charge in [-0.25, -0.2) is 9.36 Å². The highest BCUT2D eigenvalue weighted by Crippen LogP contribution is 2.44. The van der Waals surface area contributed by atoms with Crippen molar-refractivity contribution >= 4 is 0 Å². The molecule has 4 heteroatoms. The molecule has 0 aromatic carbocycles. The van der Waals surface area contributed by atoms with Gasteiger partial charge in [-0.05, 0) is 51.7 Å². The third-order valence-electron chi connectivity index (χ3n) is 5.02. The fraction of sp³-hybridized carbons (Fsp3) is 0.524. The first-order valence-electron chi connectivity index (χ1n) is 9.09. The maximum absolute atomic E-state index is 4.85. The van der Waals surface area contributed by atoms with Gasteiger partial charge in [0.2, 0.25) is 0 Å². The fourth-order valence-electron chi connectivity index (χ4n) is 4.10. The number of allylic oxidation sites excluding steroid dienone is 4. The van der Waals surface area contributed by atoms with Crippen LogP contribution in [0.25, 0.3) is 0 Å². The number of rotatable bonds is 4. The summed E-state index contributed by atoms with van der Waals surface area (Å²) in [6.45, 7) is 15.4. The van der Waals surface area contributed by atoms with Gasteiger partial charge in [0, 0.05) is 17.3 Å². The fourth-order valence-corrected chi connectivity index (χ4v) is 4.10. The summed E-state index contributed by atoms with van der Waals surface area (Å²) >= 11 is 0. The highest BCUT2D eigenvalue weighted by Gasteiger charge is 2.39. The Morgan fingerprint density at radius 1 is 0.920 bits per heavy atom. The lowest BCUT2D eigenvalue weighted by molar-refractivity contribution is 0.146. The molecule has 0 saturated heterocycles. The molecule has 25 heavy (non-hydrogen) atoms. The number of nitrogens with zero attached hydrogens (tertiary/aromatic N) is 4. The largest absolute Gasteiger partial charge is 0.244 e. The van der Waals surface area contributed by atoms with Crippen molar-refractivity contribution in [3.05, 3.63) is 58.7 Å². The Bertz CT molecular complexity index is 780. The molecule has 0 radical (unpaired) electrons. The molecular weight excluding hydrogens is 308 g/mol. The molecule has 0 aliphatic heterocycles. The Kier molecular flexibility index (Phi) is 4.48. The highest BCUT2D eigenvalue weighted by atomic mass is 15.5. The van der Waals surface area contributed by atoms with Gasteiger partial charge in [-0.2, -0.15) is 10.2 Å². The number of hydrogen-bond acceptors (Lipinski definition) is 2. The third-order valence-corrected chi connectivity index (χ3v) is 5.02. The molecular formula is C21H30N4. The Hall–Kier alpha value is -2.10. The molecule has 4 nitrogen and oxygen atoms in total. The number of hydrogen-bond donors (Lipinski definition) is 0. The van der Waals surface area contributed by atoms with E-state index >= 15 is 0 Å². The highest BCUT2D eigenvalue weighted by molar-refractivity contribution is 5.28. The standard InChI is InChI=1S/C21H30N4/c1-14-12-16(3)24(22-14)20(25-17(4)13-15(2)23-25)19(21(5,6)7)18-10-8-9-11-18/h8-10,12-13,19-20H,11H2,1-7H3/t19-/m1/s1. The smallest absolute Gasteiger partial charge is 0.150 e. The summed E-state index contributed by atoms with van der Waals surface area (Å²) in [4.78, 5) is 0. The van der Waals surface area contributed by atoms with Crippen LogP contribution in [0.1, 0.15) is 56.1 Å². The molecule has 0 saturated carbocycles. The summed E-state index contributed by atoms with van der Waals surface area (Å²) in [6, 6.07) is 4.30. The van der Waals surface area contributed by atoms with Crippen molar-refractivity contribution in [3.63, 3.8) is 0 Å². The average molecular weight is 338 g/mol. The zero-order chi connectivity index (χ0) is 18.4. The summed E-state index contributed by atoms with van der Waals surface area (Å²) in [5.41, 5.74) is 6.00. The molecule has 0 unspecified atom stereocenters. The average Bonchev–Trinajstić information content (AvgIpc) is 3.17. The second kappa shape index (κ2) is 6.32. The normalized spacial score (nSPS) is 15.9. The summed E-state index contributed by atoms with van der Waals surface area (Å²) in [5, 5.41) is 9.70. The van der Waals surface area contributed by atoms with Crippen LogP contribution in [0, 0.1) is 39.0 Å². The number of aryl methyl sites for hydroxylation is 4. The molecule has 0 spiro atoms. The van der Waals surface area contributed by atoms with E-state index in [2.05, 4.69) is 88.2 Å². The lowest BCUT2D eigenvalue weighted by atomic mass is 9.73. The summed E-state index contributed by atoms with van der Waals surface area (Å²) in [5.74, 6) is 0.304. The predicted octanol–water partition coefficient (Wildman–Crippen LogP) is 4.91. The van der Waals surface area contributed by atoms with Gasteiger partial charge in [-0.3, -0.25) is 0 Å². The van der Waals surface area contributed by atoms with Crippen LogP contribution >= 0.6 is 0 Å². The van der Waals surface area contributed by atoms with Gasteiger partial charge in [0.1, 0.15) is 0 Å². The molecule has 1 aliphatic rings. The second-order valence-corrected chi connectivity index (χ2v) is 8.37. The number of aromatic nitrogens is 4. The molecule has 0 N–H and O–H groups in total. The molecule has 0 fully saturated rings. The van der Waals surface area contributed by atoms with Gasteiger partial charge < -0.3 is 0 Å². The van der Waals surface area contributed by atoms with Gasteiger partial charge in [0.25, 0.3) is 0 Å². The molecule has 0 amide bonds. The quantitative estimate of drug-likeness (QED) is 0.794. The summed E-state index contributed by atoms with van der Waals surface area (Å²) in [6.07, 6.45) is 7.74. The van der Waals surface area contributed by atoms with E-state index in [1.54, 1.807) is 0 Å². The maximum atomic E-state index is 4.85. The Labute approximate surface area is 151 Å². The minimum absolute atomic E-state index is 0.0357. The van der Waals surface area contributed by atoms with Crippen molar-refractivity contribution in [1.29, 1.82) is 0 Å². The van der Waals surface area contributed by atoms with E-state index < -0.39 is 0 Å². The lowest BCUT2D eigenvalue weighted by Crippen LogP contribution is -2.38. The van der Waals surface area contributed by atoms with Gasteiger partial charge in [-0.1, -0.05) is 44.6 Å².